The molecule has 0 saturated carbocycles. The van der Waals surface area contributed by atoms with Crippen LogP contribution in [-0.2, 0) is 9.53 Å². The Hall–Kier alpha value is -1.09. The summed E-state index contributed by atoms with van der Waals surface area (Å²) in [5.41, 5.74) is -0.0240. The second-order valence-electron chi connectivity index (χ2n) is 6.78. The lowest BCUT2D eigenvalue weighted by molar-refractivity contribution is -0.133. The predicted octanol–water partition coefficient (Wildman–Crippen LogP) is 5.51. The minimum Gasteiger partial charge on any atom is -0.466 e. The van der Waals surface area contributed by atoms with E-state index in [0.29, 0.717) is 13.1 Å². The highest BCUT2D eigenvalue weighted by Gasteiger charge is 2.32. The molecule has 0 rings (SSSR count). The van der Waals surface area contributed by atoms with Gasteiger partial charge < -0.3 is 9.64 Å². The smallest absolute Gasteiger partial charge is 0.293 e. The second kappa shape index (κ2) is 15.4. The molecule has 24 heavy (non-hydrogen) atoms. The lowest BCUT2D eigenvalue weighted by Crippen LogP contribution is -2.48. The Bertz CT molecular complexity index is 326. The predicted molar refractivity (Wildman–Crippen MR) is 104 cm³/mol. The molecule has 0 aromatic heterocycles. The highest BCUT2D eigenvalue weighted by molar-refractivity contribution is 5.37. The highest BCUT2D eigenvalue weighted by Crippen LogP contribution is 2.28. The zero-order valence-electron chi connectivity index (χ0n) is 16.4. The minimum absolute atomic E-state index is 0.0240. The molecule has 0 aliphatic rings. The molecular formula is C21H39NO2. The molecule has 0 atom stereocenters. The number of carbonyl (C=O) groups excluding carboxylic acids is 1. The maximum Gasteiger partial charge on any atom is 0.293 e. The molecule has 0 unspecified atom stereocenters. The van der Waals surface area contributed by atoms with Gasteiger partial charge in [-0.1, -0.05) is 51.0 Å². The van der Waals surface area contributed by atoms with Crippen LogP contribution in [0.1, 0.15) is 78.1 Å². The summed E-state index contributed by atoms with van der Waals surface area (Å²) in [5, 5.41) is 0. The van der Waals surface area contributed by atoms with Gasteiger partial charge in [-0.25, -0.2) is 0 Å². The maximum atomic E-state index is 10.7. The third-order valence-corrected chi connectivity index (χ3v) is 4.70. The van der Waals surface area contributed by atoms with Crippen LogP contribution in [-0.4, -0.2) is 37.6 Å². The van der Waals surface area contributed by atoms with Crippen molar-refractivity contribution in [2.45, 2.75) is 83.6 Å². The highest BCUT2D eigenvalue weighted by atomic mass is 16.5. The molecule has 0 bridgehead atoms. The summed E-state index contributed by atoms with van der Waals surface area (Å²) in [6.07, 6.45) is 20.4. The SMILES string of the molecule is CCC=CCCCCC(CCCCC=CCC)(COC=O)N(C)C. The monoisotopic (exact) mass is 337 g/mol. The standard InChI is InChI=1S/C21H39NO2/c1-5-7-9-11-13-15-17-21(22(3)4,19-24-20-23)18-16-14-12-10-8-6-2/h7-10,20H,5-6,11-19H2,1-4H3. The van der Waals surface area contributed by atoms with E-state index in [4.69, 9.17) is 4.74 Å². The molecule has 0 radical (unpaired) electrons. The van der Waals surface area contributed by atoms with Crippen molar-refractivity contribution in [2.75, 3.05) is 20.7 Å². The molecule has 0 aliphatic carbocycles. The van der Waals surface area contributed by atoms with Gasteiger partial charge in [0, 0.05) is 0 Å². The molecule has 0 aliphatic heterocycles. The van der Waals surface area contributed by atoms with Gasteiger partial charge in [0.15, 0.2) is 0 Å². The van der Waals surface area contributed by atoms with Crippen LogP contribution in [0, 0.1) is 0 Å². The van der Waals surface area contributed by atoms with Crippen molar-refractivity contribution >= 4 is 6.47 Å². The molecule has 0 amide bonds. The molecule has 0 spiro atoms. The Morgan fingerprint density at radius 1 is 0.833 bits per heavy atom. The van der Waals surface area contributed by atoms with Gasteiger partial charge in [0.2, 0.25) is 0 Å². The van der Waals surface area contributed by atoms with Crippen molar-refractivity contribution in [3.63, 3.8) is 0 Å². The fraction of sp³-hybridized carbons (Fsp3) is 0.762. The van der Waals surface area contributed by atoms with E-state index in [-0.39, 0.29) is 5.54 Å². The lowest BCUT2D eigenvalue weighted by Gasteiger charge is -2.39. The molecule has 3 nitrogen and oxygen atoms in total. The van der Waals surface area contributed by atoms with E-state index in [1.807, 2.05) is 0 Å². The first-order valence-corrected chi connectivity index (χ1v) is 9.65. The van der Waals surface area contributed by atoms with Gasteiger partial charge in [-0.05, 0) is 65.5 Å². The first-order valence-electron chi connectivity index (χ1n) is 9.65. The summed E-state index contributed by atoms with van der Waals surface area (Å²) in [4.78, 5) is 13.0. The Morgan fingerprint density at radius 3 is 1.71 bits per heavy atom. The molecule has 0 fully saturated rings. The van der Waals surface area contributed by atoms with Crippen LogP contribution in [0.4, 0.5) is 0 Å². The summed E-state index contributed by atoms with van der Waals surface area (Å²) in [6, 6.07) is 0. The van der Waals surface area contributed by atoms with E-state index in [2.05, 4.69) is 57.1 Å². The van der Waals surface area contributed by atoms with Crippen molar-refractivity contribution in [1.82, 2.24) is 4.90 Å². The average molecular weight is 338 g/mol. The molecule has 0 aromatic carbocycles. The number of unbranched alkanes of at least 4 members (excludes halogenated alkanes) is 4. The number of hydrogen-bond donors (Lipinski definition) is 0. The number of nitrogens with zero attached hydrogens (tertiary/aromatic N) is 1. The van der Waals surface area contributed by atoms with Crippen molar-refractivity contribution in [3.05, 3.63) is 24.3 Å². The number of carbonyl (C=O) groups is 1. The summed E-state index contributed by atoms with van der Waals surface area (Å²) in [5.74, 6) is 0. The fourth-order valence-electron chi connectivity index (χ4n) is 3.04. The van der Waals surface area contributed by atoms with Gasteiger partial charge in [-0.15, -0.1) is 0 Å². The van der Waals surface area contributed by atoms with Gasteiger partial charge >= 0.3 is 0 Å². The molecule has 3 heteroatoms. The van der Waals surface area contributed by atoms with Crippen LogP contribution in [0.2, 0.25) is 0 Å². The van der Waals surface area contributed by atoms with Gasteiger partial charge in [0.1, 0.15) is 6.61 Å². The summed E-state index contributed by atoms with van der Waals surface area (Å²) in [6.45, 7) is 5.42. The first-order chi connectivity index (χ1) is 11.6. The van der Waals surface area contributed by atoms with E-state index < -0.39 is 0 Å². The molecule has 0 N–H and O–H groups in total. The Balaban J connectivity index is 4.47. The van der Waals surface area contributed by atoms with E-state index in [1.165, 1.54) is 25.7 Å². The van der Waals surface area contributed by atoms with E-state index in [9.17, 15) is 4.79 Å². The summed E-state index contributed by atoms with van der Waals surface area (Å²) in [7, 11) is 4.23. The van der Waals surface area contributed by atoms with E-state index >= 15 is 0 Å². The molecule has 0 heterocycles. The van der Waals surface area contributed by atoms with Crippen LogP contribution in [0.3, 0.4) is 0 Å². The summed E-state index contributed by atoms with van der Waals surface area (Å²) < 4.78 is 5.20. The topological polar surface area (TPSA) is 29.5 Å². The Labute approximate surface area is 150 Å². The van der Waals surface area contributed by atoms with Gasteiger partial charge in [-0.3, -0.25) is 4.79 Å². The lowest BCUT2D eigenvalue weighted by atomic mass is 9.86. The second-order valence-corrected chi connectivity index (χ2v) is 6.78. The maximum absolute atomic E-state index is 10.7. The molecular weight excluding hydrogens is 298 g/mol. The normalized spacial score (nSPS) is 14.5. The molecule has 0 aromatic rings. The zero-order chi connectivity index (χ0) is 18.1. The van der Waals surface area contributed by atoms with Crippen LogP contribution in [0.25, 0.3) is 0 Å². The van der Waals surface area contributed by atoms with Crippen LogP contribution in [0.5, 0.6) is 0 Å². The third-order valence-electron chi connectivity index (χ3n) is 4.70. The molecule has 140 valence electrons. The average Bonchev–Trinajstić information content (AvgIpc) is 2.57. The van der Waals surface area contributed by atoms with Crippen molar-refractivity contribution < 1.29 is 9.53 Å². The molecule has 0 saturated heterocycles. The minimum atomic E-state index is -0.0240. The number of ether oxygens (including phenoxy) is 1. The van der Waals surface area contributed by atoms with Crippen LogP contribution >= 0.6 is 0 Å². The van der Waals surface area contributed by atoms with Crippen molar-refractivity contribution in [2.24, 2.45) is 0 Å². The third kappa shape index (κ3) is 10.6. The zero-order valence-corrected chi connectivity index (χ0v) is 16.4. The number of hydrogen-bond acceptors (Lipinski definition) is 3. The van der Waals surface area contributed by atoms with Gasteiger partial charge in [0.25, 0.3) is 6.47 Å². The van der Waals surface area contributed by atoms with Gasteiger partial charge in [-0.2, -0.15) is 0 Å². The largest absolute Gasteiger partial charge is 0.466 e. The van der Waals surface area contributed by atoms with Crippen molar-refractivity contribution in [3.8, 4) is 0 Å². The number of likely N-dealkylation sites (N-methyl/N-ethyl adjacent to an activating group) is 1. The summed E-state index contributed by atoms with van der Waals surface area (Å²) >= 11 is 0. The van der Waals surface area contributed by atoms with Gasteiger partial charge in [0.05, 0.1) is 5.54 Å². The van der Waals surface area contributed by atoms with Crippen LogP contribution in [0.15, 0.2) is 24.3 Å². The Kier molecular flexibility index (Phi) is 14.7. The first kappa shape index (κ1) is 22.9. The fourth-order valence-corrected chi connectivity index (χ4v) is 3.04. The number of allylic oxidation sites excluding steroid dienone is 4. The quantitative estimate of drug-likeness (QED) is 0.211. The van der Waals surface area contributed by atoms with E-state index in [1.54, 1.807) is 0 Å². The van der Waals surface area contributed by atoms with Crippen LogP contribution < -0.4 is 0 Å². The van der Waals surface area contributed by atoms with Crippen molar-refractivity contribution in [1.29, 1.82) is 0 Å². The number of rotatable bonds is 16. The van der Waals surface area contributed by atoms with E-state index in [0.717, 1.165) is 38.5 Å². The Morgan fingerprint density at radius 2 is 1.33 bits per heavy atom.